The summed E-state index contributed by atoms with van der Waals surface area (Å²) in [4.78, 5) is 5.26. The Balaban J connectivity index is 2.07. The summed E-state index contributed by atoms with van der Waals surface area (Å²) in [5.74, 6) is 2.97. The highest BCUT2D eigenvalue weighted by atomic mass is 15.3. The molecule has 16 heavy (non-hydrogen) atoms. The third-order valence-electron chi connectivity index (χ3n) is 4.29. The van der Waals surface area contributed by atoms with Crippen LogP contribution in [0.25, 0.3) is 0 Å². The van der Waals surface area contributed by atoms with E-state index in [9.17, 15) is 0 Å². The molecule has 90 valence electrons. The Morgan fingerprint density at radius 2 is 2.19 bits per heavy atom. The topological polar surface area (TPSA) is 6.48 Å². The third kappa shape index (κ3) is 2.12. The van der Waals surface area contributed by atoms with Crippen molar-refractivity contribution in [1.29, 1.82) is 0 Å². The monoisotopic (exact) mass is 220 g/mol. The number of rotatable bonds is 3. The van der Waals surface area contributed by atoms with Gasteiger partial charge in [0.25, 0.3) is 0 Å². The molecule has 2 fully saturated rings. The number of hydrogen-bond donors (Lipinski definition) is 0. The van der Waals surface area contributed by atoms with E-state index in [1.807, 2.05) is 0 Å². The fourth-order valence-electron chi connectivity index (χ4n) is 3.30. The third-order valence-corrected chi connectivity index (χ3v) is 4.29. The fraction of sp³-hybridized carbons (Fsp3) is 0.857. The number of piperazine rings is 1. The van der Waals surface area contributed by atoms with Crippen molar-refractivity contribution in [2.24, 2.45) is 0 Å². The van der Waals surface area contributed by atoms with Crippen LogP contribution in [-0.2, 0) is 0 Å². The van der Waals surface area contributed by atoms with E-state index in [0.717, 1.165) is 12.5 Å². The van der Waals surface area contributed by atoms with E-state index < -0.39 is 0 Å². The first-order valence-corrected chi connectivity index (χ1v) is 6.76. The molecule has 3 unspecified atom stereocenters. The zero-order chi connectivity index (χ0) is 11.5. The number of nitrogens with zero attached hydrogens (tertiary/aromatic N) is 2. The number of fused-ring (bicyclic) bond motifs is 1. The Hall–Kier alpha value is -0.520. The smallest absolute Gasteiger partial charge is 0.0712 e. The van der Waals surface area contributed by atoms with Gasteiger partial charge in [0.1, 0.15) is 0 Å². The van der Waals surface area contributed by atoms with Gasteiger partial charge in [0.05, 0.1) is 6.04 Å². The Morgan fingerprint density at radius 3 is 2.81 bits per heavy atom. The van der Waals surface area contributed by atoms with Gasteiger partial charge in [0, 0.05) is 25.2 Å². The van der Waals surface area contributed by atoms with Crippen molar-refractivity contribution in [3.8, 4) is 12.3 Å². The lowest BCUT2D eigenvalue weighted by Crippen LogP contribution is -2.58. The second-order valence-electron chi connectivity index (χ2n) is 5.14. The van der Waals surface area contributed by atoms with E-state index in [1.54, 1.807) is 0 Å². The predicted octanol–water partition coefficient (Wildman–Crippen LogP) is 1.96. The van der Waals surface area contributed by atoms with Crippen LogP contribution in [0.2, 0.25) is 0 Å². The number of terminal acetylenes is 1. The molecule has 0 amide bonds. The van der Waals surface area contributed by atoms with Gasteiger partial charge >= 0.3 is 0 Å². The highest BCUT2D eigenvalue weighted by Gasteiger charge is 2.37. The average Bonchev–Trinajstić information content (AvgIpc) is 2.76. The standard InChI is InChI=1S/C14H24N2/c1-4-12(5-2)16-11-14-8-7-9-15(14)10-13(16)6-3/h1,12-14H,5-11H2,2-3H3. The summed E-state index contributed by atoms with van der Waals surface area (Å²) in [6.45, 7) is 8.23. The van der Waals surface area contributed by atoms with Crippen LogP contribution in [0.3, 0.4) is 0 Å². The lowest BCUT2D eigenvalue weighted by atomic mass is 10.0. The van der Waals surface area contributed by atoms with E-state index in [2.05, 4.69) is 29.6 Å². The second kappa shape index (κ2) is 5.21. The van der Waals surface area contributed by atoms with Crippen LogP contribution in [0.15, 0.2) is 0 Å². The Kier molecular flexibility index (Phi) is 3.89. The van der Waals surface area contributed by atoms with Crippen molar-refractivity contribution in [2.45, 2.75) is 57.7 Å². The molecule has 0 bridgehead atoms. The molecule has 2 saturated heterocycles. The highest BCUT2D eigenvalue weighted by Crippen LogP contribution is 2.27. The molecule has 0 radical (unpaired) electrons. The molecular formula is C14H24N2. The van der Waals surface area contributed by atoms with E-state index in [-0.39, 0.29) is 0 Å². The quantitative estimate of drug-likeness (QED) is 0.671. The van der Waals surface area contributed by atoms with Crippen LogP contribution in [0, 0.1) is 12.3 Å². The zero-order valence-electron chi connectivity index (χ0n) is 10.7. The van der Waals surface area contributed by atoms with Gasteiger partial charge in [-0.3, -0.25) is 9.80 Å². The molecular weight excluding hydrogens is 196 g/mol. The lowest BCUT2D eigenvalue weighted by Gasteiger charge is -2.45. The van der Waals surface area contributed by atoms with Gasteiger partial charge < -0.3 is 0 Å². The van der Waals surface area contributed by atoms with Crippen LogP contribution in [0.4, 0.5) is 0 Å². The van der Waals surface area contributed by atoms with Gasteiger partial charge in [-0.05, 0) is 32.2 Å². The molecule has 2 nitrogen and oxygen atoms in total. The summed E-state index contributed by atoms with van der Waals surface area (Å²) in [7, 11) is 0. The molecule has 2 rings (SSSR count). The minimum atomic E-state index is 0.354. The summed E-state index contributed by atoms with van der Waals surface area (Å²) in [5, 5.41) is 0. The average molecular weight is 220 g/mol. The first-order chi connectivity index (χ1) is 7.80. The SMILES string of the molecule is C#CC(CC)N1CC2CCCN2CC1CC. The van der Waals surface area contributed by atoms with Gasteiger partial charge in [-0.1, -0.05) is 19.8 Å². The highest BCUT2D eigenvalue weighted by molar-refractivity contribution is 5.04. The van der Waals surface area contributed by atoms with Gasteiger partial charge in [-0.25, -0.2) is 0 Å². The molecule has 0 N–H and O–H groups in total. The van der Waals surface area contributed by atoms with Crippen LogP contribution in [0.5, 0.6) is 0 Å². The van der Waals surface area contributed by atoms with E-state index in [4.69, 9.17) is 6.42 Å². The van der Waals surface area contributed by atoms with Crippen molar-refractivity contribution in [3.05, 3.63) is 0 Å². The van der Waals surface area contributed by atoms with E-state index in [0.29, 0.717) is 12.1 Å². The molecule has 0 spiro atoms. The van der Waals surface area contributed by atoms with Gasteiger partial charge in [-0.2, -0.15) is 0 Å². The van der Waals surface area contributed by atoms with E-state index in [1.165, 1.54) is 38.9 Å². The number of hydrogen-bond acceptors (Lipinski definition) is 2. The van der Waals surface area contributed by atoms with Crippen molar-refractivity contribution in [1.82, 2.24) is 9.80 Å². The first-order valence-electron chi connectivity index (χ1n) is 6.76. The summed E-state index contributed by atoms with van der Waals surface area (Å²) in [6.07, 6.45) is 10.7. The van der Waals surface area contributed by atoms with Gasteiger partial charge in [-0.15, -0.1) is 6.42 Å². The molecule has 2 aliphatic rings. The minimum Gasteiger partial charge on any atom is -0.298 e. The van der Waals surface area contributed by atoms with Gasteiger partial charge in [0.15, 0.2) is 0 Å². The largest absolute Gasteiger partial charge is 0.298 e. The zero-order valence-corrected chi connectivity index (χ0v) is 10.7. The van der Waals surface area contributed by atoms with Crippen LogP contribution in [0.1, 0.15) is 39.5 Å². The fourth-order valence-corrected chi connectivity index (χ4v) is 3.30. The molecule has 2 aliphatic heterocycles. The Bertz CT molecular complexity index is 268. The molecule has 0 aromatic heterocycles. The molecule has 2 heterocycles. The van der Waals surface area contributed by atoms with E-state index >= 15 is 0 Å². The maximum Gasteiger partial charge on any atom is 0.0712 e. The van der Waals surface area contributed by atoms with Crippen molar-refractivity contribution in [3.63, 3.8) is 0 Å². The lowest BCUT2D eigenvalue weighted by molar-refractivity contribution is 0.0326. The van der Waals surface area contributed by atoms with Crippen LogP contribution >= 0.6 is 0 Å². The predicted molar refractivity (Wildman–Crippen MR) is 68.3 cm³/mol. The summed E-state index contributed by atoms with van der Waals surface area (Å²) < 4.78 is 0. The Morgan fingerprint density at radius 1 is 1.38 bits per heavy atom. The summed E-state index contributed by atoms with van der Waals surface area (Å²) >= 11 is 0. The normalized spacial score (nSPS) is 33.3. The molecule has 0 aliphatic carbocycles. The Labute approximate surface area is 100.0 Å². The second-order valence-corrected chi connectivity index (χ2v) is 5.14. The molecule has 0 aromatic carbocycles. The van der Waals surface area contributed by atoms with Crippen molar-refractivity contribution in [2.75, 3.05) is 19.6 Å². The van der Waals surface area contributed by atoms with Crippen molar-refractivity contribution >= 4 is 0 Å². The summed E-state index contributed by atoms with van der Waals surface area (Å²) in [6, 6.07) is 1.81. The first kappa shape index (κ1) is 12.0. The molecule has 3 atom stereocenters. The molecule has 2 heteroatoms. The molecule has 0 saturated carbocycles. The van der Waals surface area contributed by atoms with Crippen molar-refractivity contribution < 1.29 is 0 Å². The summed E-state index contributed by atoms with van der Waals surface area (Å²) in [5.41, 5.74) is 0. The maximum atomic E-state index is 5.66. The van der Waals surface area contributed by atoms with Crippen LogP contribution < -0.4 is 0 Å². The maximum absolute atomic E-state index is 5.66. The van der Waals surface area contributed by atoms with Crippen LogP contribution in [-0.4, -0.2) is 47.6 Å². The van der Waals surface area contributed by atoms with Gasteiger partial charge in [0.2, 0.25) is 0 Å². The molecule has 0 aromatic rings. The minimum absolute atomic E-state index is 0.354.